The van der Waals surface area contributed by atoms with Gasteiger partial charge in [0, 0.05) is 25.3 Å². The number of hydrogen-bond donors (Lipinski definition) is 15. The number of nitrogens with one attached hydrogen (secondary N) is 8. The molecule has 0 aromatic heterocycles. The van der Waals surface area contributed by atoms with Gasteiger partial charge in [-0.3, -0.25) is 52.7 Å². The molecule has 420 valence electrons. The molecule has 0 radical (unpaired) electrons. The maximum absolute atomic E-state index is 14.1. The number of carbonyl (C=O) groups is 11. The van der Waals surface area contributed by atoms with Crippen molar-refractivity contribution in [2.45, 2.75) is 190 Å². The molecule has 1 aromatic rings. The van der Waals surface area contributed by atoms with Crippen molar-refractivity contribution in [3.05, 3.63) is 29.8 Å². The lowest BCUT2D eigenvalue weighted by Crippen LogP contribution is -2.62. The number of aliphatic hydroxyl groups excluding tert-OH is 3. The van der Waals surface area contributed by atoms with Gasteiger partial charge in [-0.2, -0.15) is 0 Å². The molecule has 11 amide bonds. The Kier molecular flexibility index (Phi) is 29.6. The van der Waals surface area contributed by atoms with Gasteiger partial charge in [0.15, 0.2) is 0 Å². The number of unbranched alkanes of at least 4 members (excludes halogenated alkanes) is 11. The fourth-order valence-electron chi connectivity index (χ4n) is 8.09. The molecule has 1 heterocycles. The predicted octanol–water partition coefficient (Wildman–Crippen LogP) is -3.31. The molecule has 1 fully saturated rings. The number of aromatic hydroxyl groups is 1. The lowest BCUT2D eigenvalue weighted by molar-refractivity contribution is -0.137. The predicted molar refractivity (Wildman–Crippen MR) is 269 cm³/mol. The molecular formula is C49H79N11O15. The van der Waals surface area contributed by atoms with E-state index in [0.717, 1.165) is 39.0 Å². The van der Waals surface area contributed by atoms with Crippen LogP contribution < -0.4 is 59.7 Å². The van der Waals surface area contributed by atoms with E-state index in [1.54, 1.807) is 0 Å². The lowest BCUT2D eigenvalue weighted by atomic mass is 10.0. The second-order valence-electron chi connectivity index (χ2n) is 18.8. The summed E-state index contributed by atoms with van der Waals surface area (Å²) in [4.78, 5) is 147. The molecule has 1 aromatic carbocycles. The van der Waals surface area contributed by atoms with Crippen LogP contribution >= 0.6 is 0 Å². The Hall–Kier alpha value is -6.93. The van der Waals surface area contributed by atoms with Crippen LogP contribution in [0.5, 0.6) is 5.75 Å². The molecule has 26 heteroatoms. The van der Waals surface area contributed by atoms with Crippen LogP contribution in [0.1, 0.15) is 135 Å². The van der Waals surface area contributed by atoms with E-state index in [9.17, 15) is 73.2 Å². The standard InChI is InChI=1S/C49H79N11O15/c1-3-4-5-6-7-8-9-10-11-12-13-14-15-30-23-41(68)54-36(26-61)47(73)55-32(20-21-38(50)65)43(69)57-34(24-39(51)66)45(71)56-33(22-29-16-18-31(64)19-17-29)44(70)58-35(25-40(52)67)46(72)59-37(27-62)48(74)60-42(28(2)63)49(75)53-30/h16-19,28,30,32-37,42,61-64H,3-15,20-27H2,1-2H3,(H2,50,65)(H2,51,66)(H2,52,67)(H,53,75)(H,54,68)(H,55,73)(H,56,71)(H,57,69)(H,58,70)(H,59,72)(H,60,74)/t28-,30?,32+,33-,34+,35+,36-,37-,42+/m1/s1. The molecule has 9 atom stereocenters. The minimum atomic E-state index is -1.91. The Labute approximate surface area is 435 Å². The highest BCUT2D eigenvalue weighted by molar-refractivity contribution is 6.00. The van der Waals surface area contributed by atoms with E-state index in [1.165, 1.54) is 56.4 Å². The Morgan fingerprint density at radius 2 is 0.933 bits per heavy atom. The van der Waals surface area contributed by atoms with E-state index in [0.29, 0.717) is 12.8 Å². The van der Waals surface area contributed by atoms with Gasteiger partial charge in [-0.05, 0) is 37.5 Å². The number of hydrogen-bond acceptors (Lipinski definition) is 15. The van der Waals surface area contributed by atoms with Crippen LogP contribution in [0.2, 0.25) is 0 Å². The van der Waals surface area contributed by atoms with E-state index in [-0.39, 0.29) is 17.7 Å². The summed E-state index contributed by atoms with van der Waals surface area (Å²) in [6.07, 6.45) is 7.02. The van der Waals surface area contributed by atoms with E-state index in [4.69, 9.17) is 17.2 Å². The van der Waals surface area contributed by atoms with Crippen molar-refractivity contribution in [2.24, 2.45) is 17.2 Å². The first-order valence-electron chi connectivity index (χ1n) is 25.5. The van der Waals surface area contributed by atoms with Gasteiger partial charge in [0.25, 0.3) is 0 Å². The average Bonchev–Trinajstić information content (AvgIpc) is 3.34. The van der Waals surface area contributed by atoms with Gasteiger partial charge in [0.1, 0.15) is 48.0 Å². The van der Waals surface area contributed by atoms with Crippen LogP contribution in [0, 0.1) is 0 Å². The Morgan fingerprint density at radius 3 is 1.41 bits per heavy atom. The zero-order valence-electron chi connectivity index (χ0n) is 42.9. The molecule has 1 aliphatic rings. The first-order valence-corrected chi connectivity index (χ1v) is 25.5. The average molecular weight is 1060 g/mol. The van der Waals surface area contributed by atoms with Crippen LogP contribution in [-0.4, -0.2) is 153 Å². The maximum atomic E-state index is 14.1. The number of rotatable bonds is 25. The van der Waals surface area contributed by atoms with Crippen molar-refractivity contribution < 1.29 is 73.2 Å². The number of amides is 11. The second-order valence-corrected chi connectivity index (χ2v) is 18.8. The molecule has 1 saturated heterocycles. The van der Waals surface area contributed by atoms with Crippen molar-refractivity contribution >= 4 is 65.0 Å². The van der Waals surface area contributed by atoms with Crippen LogP contribution in [0.25, 0.3) is 0 Å². The second kappa shape index (κ2) is 34.5. The minimum Gasteiger partial charge on any atom is -0.508 e. The summed E-state index contributed by atoms with van der Waals surface area (Å²) in [5.41, 5.74) is 16.5. The van der Waals surface area contributed by atoms with Crippen LogP contribution in [-0.2, 0) is 59.2 Å². The number of phenolic OH excluding ortho intramolecular Hbond substituents is 1. The van der Waals surface area contributed by atoms with E-state index < -0.39 is 171 Å². The summed E-state index contributed by atoms with van der Waals surface area (Å²) in [5, 5.41) is 59.7. The third-order valence-corrected chi connectivity index (χ3v) is 12.3. The van der Waals surface area contributed by atoms with Crippen molar-refractivity contribution in [3.8, 4) is 5.75 Å². The number of benzene rings is 1. The fourth-order valence-corrected chi connectivity index (χ4v) is 8.09. The number of aliphatic hydroxyl groups is 3. The van der Waals surface area contributed by atoms with Crippen LogP contribution in [0.4, 0.5) is 0 Å². The van der Waals surface area contributed by atoms with Crippen molar-refractivity contribution in [1.82, 2.24) is 42.5 Å². The largest absolute Gasteiger partial charge is 0.508 e. The summed E-state index contributed by atoms with van der Waals surface area (Å²) < 4.78 is 0. The van der Waals surface area contributed by atoms with Gasteiger partial charge in [-0.1, -0.05) is 96.1 Å². The highest BCUT2D eigenvalue weighted by Crippen LogP contribution is 2.16. The quantitative estimate of drug-likeness (QED) is 0.0427. The Morgan fingerprint density at radius 1 is 0.520 bits per heavy atom. The molecule has 0 spiro atoms. The zero-order valence-corrected chi connectivity index (χ0v) is 42.9. The van der Waals surface area contributed by atoms with Gasteiger partial charge in [-0.15, -0.1) is 0 Å². The monoisotopic (exact) mass is 1060 g/mol. The minimum absolute atomic E-state index is 0.179. The maximum Gasteiger partial charge on any atom is 0.245 e. The highest BCUT2D eigenvalue weighted by Gasteiger charge is 2.36. The molecule has 18 N–H and O–H groups in total. The summed E-state index contributed by atoms with van der Waals surface area (Å²) in [6, 6.07) is -8.51. The molecule has 0 aliphatic carbocycles. The topological polar surface area (TPSA) is 443 Å². The molecular weight excluding hydrogens is 983 g/mol. The third-order valence-electron chi connectivity index (χ3n) is 12.3. The number of carbonyl (C=O) groups excluding carboxylic acids is 11. The molecule has 2 rings (SSSR count). The summed E-state index contributed by atoms with van der Waals surface area (Å²) in [7, 11) is 0. The van der Waals surface area contributed by atoms with E-state index in [1.807, 2.05) is 0 Å². The zero-order chi connectivity index (χ0) is 56.0. The number of phenols is 1. The van der Waals surface area contributed by atoms with E-state index >= 15 is 0 Å². The summed E-state index contributed by atoms with van der Waals surface area (Å²) in [6.45, 7) is 1.16. The smallest absolute Gasteiger partial charge is 0.245 e. The lowest BCUT2D eigenvalue weighted by Gasteiger charge is -2.28. The van der Waals surface area contributed by atoms with Crippen molar-refractivity contribution in [3.63, 3.8) is 0 Å². The van der Waals surface area contributed by atoms with Gasteiger partial charge < -0.3 is 80.2 Å². The number of primary amides is 3. The molecule has 26 nitrogen and oxygen atoms in total. The Bertz CT molecular complexity index is 2080. The molecule has 0 bridgehead atoms. The molecule has 75 heavy (non-hydrogen) atoms. The van der Waals surface area contributed by atoms with Crippen molar-refractivity contribution in [2.75, 3.05) is 13.2 Å². The summed E-state index contributed by atoms with van der Waals surface area (Å²) >= 11 is 0. The number of nitrogens with two attached hydrogens (primary N) is 3. The highest BCUT2D eigenvalue weighted by atomic mass is 16.3. The first-order chi connectivity index (χ1) is 35.6. The Balaban J connectivity index is 2.62. The fraction of sp³-hybridized carbons (Fsp3) is 0.653. The van der Waals surface area contributed by atoms with Gasteiger partial charge in [-0.25, -0.2) is 0 Å². The SMILES string of the molecule is CCCCCCCCCCCCCCC1CC(=O)N[C@H](CO)C(=O)N[C@@H](CCC(N)=O)C(=O)N[C@@H](CC(N)=O)C(=O)N[C@H](Cc2ccc(O)cc2)C(=O)N[C@@H](CC(N)=O)C(=O)N[C@H](CO)C(=O)N[C@@H]([C@@H](C)O)C(=O)N1. The summed E-state index contributed by atoms with van der Waals surface area (Å²) in [5.74, 6) is -12.6. The molecule has 0 saturated carbocycles. The van der Waals surface area contributed by atoms with Gasteiger partial charge in [0.05, 0.1) is 32.2 Å². The van der Waals surface area contributed by atoms with Crippen LogP contribution in [0.3, 0.4) is 0 Å². The third kappa shape index (κ3) is 25.2. The van der Waals surface area contributed by atoms with Gasteiger partial charge in [0.2, 0.25) is 65.0 Å². The van der Waals surface area contributed by atoms with E-state index in [2.05, 4.69) is 49.5 Å². The normalized spacial score (nSPS) is 23.5. The molecule has 1 unspecified atom stereocenters. The van der Waals surface area contributed by atoms with Crippen molar-refractivity contribution in [1.29, 1.82) is 0 Å². The van der Waals surface area contributed by atoms with Gasteiger partial charge >= 0.3 is 0 Å². The first kappa shape index (κ1) is 64.2. The molecule has 1 aliphatic heterocycles. The van der Waals surface area contributed by atoms with Crippen LogP contribution in [0.15, 0.2) is 24.3 Å².